The third-order valence-corrected chi connectivity index (χ3v) is 4.87. The van der Waals surface area contributed by atoms with Gasteiger partial charge in [-0.3, -0.25) is 0 Å². The van der Waals surface area contributed by atoms with Crippen LogP contribution < -0.4 is 0 Å². The maximum atomic E-state index is 2.58. The van der Waals surface area contributed by atoms with Crippen molar-refractivity contribution in [1.82, 2.24) is 0 Å². The zero-order valence-corrected chi connectivity index (χ0v) is 10.2. The summed E-state index contributed by atoms with van der Waals surface area (Å²) in [5.74, 6) is 3.03. The van der Waals surface area contributed by atoms with E-state index in [1.54, 1.807) is 0 Å². The van der Waals surface area contributed by atoms with Gasteiger partial charge in [0.25, 0.3) is 0 Å². The molecule has 0 aromatic carbocycles. The van der Waals surface area contributed by atoms with Gasteiger partial charge in [-0.15, -0.1) is 0 Å². The second-order valence-corrected chi connectivity index (χ2v) is 6.48. The quantitative estimate of drug-likeness (QED) is 0.533. The summed E-state index contributed by atoms with van der Waals surface area (Å²) in [6.07, 6.45) is 10.5. The highest BCUT2D eigenvalue weighted by atomic mass is 14.5. The second kappa shape index (κ2) is 3.87. The summed E-state index contributed by atoms with van der Waals surface area (Å²) < 4.78 is 0. The third-order valence-electron chi connectivity index (χ3n) is 4.87. The van der Waals surface area contributed by atoms with E-state index in [4.69, 9.17) is 0 Å². The van der Waals surface area contributed by atoms with Gasteiger partial charge in [-0.05, 0) is 48.9 Å². The van der Waals surface area contributed by atoms with Gasteiger partial charge in [-0.25, -0.2) is 0 Å². The van der Waals surface area contributed by atoms with Gasteiger partial charge in [-0.2, -0.15) is 0 Å². The minimum Gasteiger partial charge on any atom is -0.0625 e. The first-order valence-corrected chi connectivity index (χ1v) is 6.60. The van der Waals surface area contributed by atoms with Crippen molar-refractivity contribution in [3.05, 3.63) is 0 Å². The monoisotopic (exact) mass is 194 g/mol. The molecule has 0 aromatic rings. The van der Waals surface area contributed by atoms with E-state index in [9.17, 15) is 0 Å². The molecule has 0 heterocycles. The minimum absolute atomic E-state index is 0.702. The van der Waals surface area contributed by atoms with Crippen molar-refractivity contribution in [2.24, 2.45) is 23.2 Å². The SMILES string of the molecule is CC1CCC(C)CC(C)(C2CCC2)C1. The molecule has 0 amide bonds. The molecular weight excluding hydrogens is 168 g/mol. The Morgan fingerprint density at radius 2 is 1.36 bits per heavy atom. The van der Waals surface area contributed by atoms with Gasteiger partial charge in [-0.1, -0.05) is 40.0 Å². The summed E-state index contributed by atoms with van der Waals surface area (Å²) in [5, 5.41) is 0. The highest BCUT2D eigenvalue weighted by Crippen LogP contribution is 2.51. The lowest BCUT2D eigenvalue weighted by atomic mass is 9.61. The van der Waals surface area contributed by atoms with Crippen LogP contribution >= 0.6 is 0 Å². The van der Waals surface area contributed by atoms with E-state index in [2.05, 4.69) is 20.8 Å². The molecule has 0 radical (unpaired) electrons. The van der Waals surface area contributed by atoms with Crippen molar-refractivity contribution in [1.29, 1.82) is 0 Å². The molecule has 0 saturated heterocycles. The molecule has 0 aromatic heterocycles. The first-order chi connectivity index (χ1) is 6.60. The lowest BCUT2D eigenvalue weighted by Crippen LogP contribution is -2.34. The van der Waals surface area contributed by atoms with Gasteiger partial charge >= 0.3 is 0 Å². The van der Waals surface area contributed by atoms with Gasteiger partial charge < -0.3 is 0 Å². The highest BCUT2D eigenvalue weighted by Gasteiger charge is 2.40. The van der Waals surface area contributed by atoms with Crippen LogP contribution in [0, 0.1) is 23.2 Å². The average Bonchev–Trinajstić information content (AvgIpc) is 2.06. The highest BCUT2D eigenvalue weighted by molar-refractivity contribution is 4.91. The van der Waals surface area contributed by atoms with Crippen molar-refractivity contribution < 1.29 is 0 Å². The molecule has 0 N–H and O–H groups in total. The normalized spacial score (nSPS) is 45.6. The van der Waals surface area contributed by atoms with Crippen molar-refractivity contribution in [3.8, 4) is 0 Å². The van der Waals surface area contributed by atoms with E-state index in [1.165, 1.54) is 44.9 Å². The molecule has 0 heteroatoms. The summed E-state index contributed by atoms with van der Waals surface area (Å²) >= 11 is 0. The maximum Gasteiger partial charge on any atom is -0.0292 e. The first-order valence-electron chi connectivity index (χ1n) is 6.60. The molecule has 0 bridgehead atoms. The van der Waals surface area contributed by atoms with E-state index in [-0.39, 0.29) is 0 Å². The Hall–Kier alpha value is 0. The Morgan fingerprint density at radius 3 is 1.71 bits per heavy atom. The molecule has 2 atom stereocenters. The topological polar surface area (TPSA) is 0 Å². The summed E-state index contributed by atoms with van der Waals surface area (Å²) in [7, 11) is 0. The molecule has 0 aliphatic heterocycles. The fraction of sp³-hybridized carbons (Fsp3) is 1.00. The van der Waals surface area contributed by atoms with Crippen molar-refractivity contribution in [2.45, 2.75) is 65.7 Å². The maximum absolute atomic E-state index is 2.58. The Morgan fingerprint density at radius 1 is 0.857 bits per heavy atom. The zero-order chi connectivity index (χ0) is 10.2. The lowest BCUT2D eigenvalue weighted by molar-refractivity contribution is 0.0626. The Labute approximate surface area is 89.5 Å². The lowest BCUT2D eigenvalue weighted by Gasteiger charge is -2.44. The van der Waals surface area contributed by atoms with Crippen molar-refractivity contribution >= 4 is 0 Å². The molecule has 2 unspecified atom stereocenters. The van der Waals surface area contributed by atoms with Crippen LogP contribution in [0.5, 0.6) is 0 Å². The van der Waals surface area contributed by atoms with Gasteiger partial charge in [0.2, 0.25) is 0 Å². The van der Waals surface area contributed by atoms with E-state index in [0.29, 0.717) is 5.41 Å². The molecule has 2 fully saturated rings. The fourth-order valence-electron chi connectivity index (χ4n) is 3.89. The van der Waals surface area contributed by atoms with Crippen molar-refractivity contribution in [2.75, 3.05) is 0 Å². The van der Waals surface area contributed by atoms with Gasteiger partial charge in [0, 0.05) is 0 Å². The Balaban J connectivity index is 2.05. The predicted octanol–water partition coefficient (Wildman–Crippen LogP) is 4.64. The van der Waals surface area contributed by atoms with Crippen LogP contribution in [-0.4, -0.2) is 0 Å². The summed E-state index contributed by atoms with van der Waals surface area (Å²) in [5.41, 5.74) is 0.702. The zero-order valence-electron chi connectivity index (χ0n) is 10.2. The van der Waals surface area contributed by atoms with Crippen LogP contribution in [0.15, 0.2) is 0 Å². The van der Waals surface area contributed by atoms with E-state index in [1.807, 2.05) is 0 Å². The summed E-state index contributed by atoms with van der Waals surface area (Å²) in [4.78, 5) is 0. The smallest absolute Gasteiger partial charge is 0.0292 e. The molecule has 14 heavy (non-hydrogen) atoms. The molecule has 0 spiro atoms. The van der Waals surface area contributed by atoms with Gasteiger partial charge in [0.05, 0.1) is 0 Å². The third kappa shape index (κ3) is 1.99. The molecule has 82 valence electrons. The Kier molecular flexibility index (Phi) is 2.91. The first kappa shape index (κ1) is 10.5. The molecule has 2 aliphatic rings. The predicted molar refractivity (Wildman–Crippen MR) is 62.2 cm³/mol. The van der Waals surface area contributed by atoms with E-state index in [0.717, 1.165) is 17.8 Å². The van der Waals surface area contributed by atoms with Crippen LogP contribution in [0.2, 0.25) is 0 Å². The van der Waals surface area contributed by atoms with E-state index >= 15 is 0 Å². The summed E-state index contributed by atoms with van der Waals surface area (Å²) in [6.45, 7) is 7.51. The Bertz CT molecular complexity index is 178. The van der Waals surface area contributed by atoms with Crippen LogP contribution in [0.1, 0.15) is 65.7 Å². The minimum atomic E-state index is 0.702. The number of rotatable bonds is 1. The fourth-order valence-corrected chi connectivity index (χ4v) is 3.89. The average molecular weight is 194 g/mol. The molecule has 2 aliphatic carbocycles. The van der Waals surface area contributed by atoms with Crippen LogP contribution in [0.3, 0.4) is 0 Å². The van der Waals surface area contributed by atoms with Gasteiger partial charge in [0.15, 0.2) is 0 Å². The molecule has 0 nitrogen and oxygen atoms in total. The standard InChI is InChI=1S/C14H26/c1-11-7-8-12(2)10-14(3,9-11)13-5-4-6-13/h11-13H,4-10H2,1-3H3. The van der Waals surface area contributed by atoms with E-state index < -0.39 is 0 Å². The largest absolute Gasteiger partial charge is 0.0625 e. The van der Waals surface area contributed by atoms with Crippen molar-refractivity contribution in [3.63, 3.8) is 0 Å². The van der Waals surface area contributed by atoms with Crippen LogP contribution in [-0.2, 0) is 0 Å². The number of hydrogen-bond acceptors (Lipinski definition) is 0. The summed E-state index contributed by atoms with van der Waals surface area (Å²) in [6, 6.07) is 0. The van der Waals surface area contributed by atoms with Crippen LogP contribution in [0.25, 0.3) is 0 Å². The molecule has 2 rings (SSSR count). The molecule has 2 saturated carbocycles. The molecular formula is C14H26. The van der Waals surface area contributed by atoms with Crippen LogP contribution in [0.4, 0.5) is 0 Å². The number of hydrogen-bond donors (Lipinski definition) is 0. The second-order valence-electron chi connectivity index (χ2n) is 6.48. The van der Waals surface area contributed by atoms with Gasteiger partial charge in [0.1, 0.15) is 0 Å².